The van der Waals surface area contributed by atoms with Gasteiger partial charge in [0.1, 0.15) is 0 Å². The van der Waals surface area contributed by atoms with E-state index in [9.17, 15) is 9.59 Å². The molecule has 24 heavy (non-hydrogen) atoms. The summed E-state index contributed by atoms with van der Waals surface area (Å²) in [4.78, 5) is 25.8. The normalized spacial score (nSPS) is 11.9. The van der Waals surface area contributed by atoms with Crippen molar-refractivity contribution in [3.8, 4) is 0 Å². The Morgan fingerprint density at radius 1 is 1.12 bits per heavy atom. The van der Waals surface area contributed by atoms with E-state index in [4.69, 9.17) is 11.6 Å². The van der Waals surface area contributed by atoms with E-state index in [1.165, 1.54) is 0 Å². The Morgan fingerprint density at radius 3 is 2.46 bits per heavy atom. The highest BCUT2D eigenvalue weighted by atomic mass is 35.5. The van der Waals surface area contributed by atoms with Gasteiger partial charge in [-0.1, -0.05) is 54.1 Å². The van der Waals surface area contributed by atoms with Gasteiger partial charge in [-0.25, -0.2) is 9.89 Å². The fourth-order valence-corrected chi connectivity index (χ4v) is 2.53. The Balaban J connectivity index is 1.85. The molecular weight excluding hydrogens is 328 g/mol. The molecule has 3 N–H and O–H groups in total. The molecule has 1 atom stereocenters. The van der Waals surface area contributed by atoms with E-state index in [-0.39, 0.29) is 11.9 Å². The number of hydrogen-bond acceptors (Lipinski definition) is 3. The maximum atomic E-state index is 12.3. The molecule has 1 heterocycles. The van der Waals surface area contributed by atoms with E-state index < -0.39 is 11.6 Å². The summed E-state index contributed by atoms with van der Waals surface area (Å²) in [6.07, 6.45) is 0.600. The fourth-order valence-electron chi connectivity index (χ4n) is 2.40. The number of benzene rings is 2. The van der Waals surface area contributed by atoms with Crippen molar-refractivity contribution in [1.29, 1.82) is 0 Å². The van der Waals surface area contributed by atoms with E-state index in [1.807, 2.05) is 42.5 Å². The second kappa shape index (κ2) is 7.14. The Kier molecular flexibility index (Phi) is 4.77. The van der Waals surface area contributed by atoms with Crippen LogP contribution in [0.3, 0.4) is 0 Å². The lowest BCUT2D eigenvalue weighted by molar-refractivity contribution is 0.0926. The third kappa shape index (κ3) is 3.91. The van der Waals surface area contributed by atoms with Gasteiger partial charge in [-0.2, -0.15) is 0 Å². The molecule has 0 fully saturated rings. The quantitative estimate of drug-likeness (QED) is 0.665. The number of aromatic amines is 2. The highest BCUT2D eigenvalue weighted by molar-refractivity contribution is 6.30. The van der Waals surface area contributed by atoms with E-state index in [0.717, 1.165) is 11.1 Å². The van der Waals surface area contributed by atoms with E-state index in [0.29, 0.717) is 11.4 Å². The van der Waals surface area contributed by atoms with Gasteiger partial charge in [-0.15, -0.1) is 5.10 Å². The fraction of sp³-hybridized carbons (Fsp3) is 0.118. The molecule has 2 aromatic carbocycles. The molecule has 122 valence electrons. The van der Waals surface area contributed by atoms with Crippen LogP contribution in [0, 0.1) is 0 Å². The Labute approximate surface area is 142 Å². The first-order valence-corrected chi connectivity index (χ1v) is 7.74. The molecule has 0 unspecified atom stereocenters. The van der Waals surface area contributed by atoms with Crippen LogP contribution in [0.1, 0.15) is 27.8 Å². The van der Waals surface area contributed by atoms with Crippen molar-refractivity contribution >= 4 is 17.5 Å². The van der Waals surface area contributed by atoms with Crippen LogP contribution in [-0.4, -0.2) is 21.1 Å². The Bertz CT molecular complexity index is 871. The van der Waals surface area contributed by atoms with E-state index >= 15 is 0 Å². The predicted octanol–water partition coefficient (Wildman–Crippen LogP) is 2.47. The highest BCUT2D eigenvalue weighted by Crippen LogP contribution is 2.21. The van der Waals surface area contributed by atoms with E-state index in [2.05, 4.69) is 20.5 Å². The zero-order chi connectivity index (χ0) is 16.9. The number of nitrogens with one attached hydrogen (secondary N) is 3. The molecule has 3 aromatic rings. The summed E-state index contributed by atoms with van der Waals surface area (Å²) < 4.78 is 0. The van der Waals surface area contributed by atoms with Gasteiger partial charge in [0.2, 0.25) is 5.82 Å². The molecule has 0 aliphatic carbocycles. The van der Waals surface area contributed by atoms with Crippen molar-refractivity contribution in [3.63, 3.8) is 0 Å². The predicted molar refractivity (Wildman–Crippen MR) is 91.0 cm³/mol. The molecule has 1 amide bonds. The minimum atomic E-state index is -0.522. The first kappa shape index (κ1) is 16.0. The summed E-state index contributed by atoms with van der Waals surface area (Å²) in [5.74, 6) is -0.503. The van der Waals surface area contributed by atoms with Crippen molar-refractivity contribution in [2.45, 2.75) is 12.5 Å². The minimum Gasteiger partial charge on any atom is -0.342 e. The SMILES string of the molecule is O=C(N[C@@H](Cc1ccccc1)c1ccc(Cl)cc1)c1n[nH]c(=O)[nH]1. The average Bonchev–Trinajstić information content (AvgIpc) is 3.02. The zero-order valence-corrected chi connectivity index (χ0v) is 13.4. The third-order valence-corrected chi connectivity index (χ3v) is 3.83. The van der Waals surface area contributed by atoms with Gasteiger partial charge in [0, 0.05) is 5.02 Å². The van der Waals surface area contributed by atoms with Crippen molar-refractivity contribution in [2.24, 2.45) is 0 Å². The molecule has 0 aliphatic heterocycles. The summed E-state index contributed by atoms with van der Waals surface area (Å²) in [5.41, 5.74) is 1.47. The number of halogens is 1. The Morgan fingerprint density at radius 2 is 1.83 bits per heavy atom. The second-order valence-corrected chi connectivity index (χ2v) is 5.73. The van der Waals surface area contributed by atoms with Gasteiger partial charge in [-0.05, 0) is 29.7 Å². The molecule has 6 nitrogen and oxygen atoms in total. The van der Waals surface area contributed by atoms with Gasteiger partial charge >= 0.3 is 5.69 Å². The largest absolute Gasteiger partial charge is 0.342 e. The molecule has 0 radical (unpaired) electrons. The summed E-state index contributed by atoms with van der Waals surface area (Å²) >= 11 is 5.94. The number of H-pyrrole nitrogens is 2. The van der Waals surface area contributed by atoms with Crippen molar-refractivity contribution in [2.75, 3.05) is 0 Å². The van der Waals surface area contributed by atoms with Crippen molar-refractivity contribution in [3.05, 3.63) is 87.1 Å². The lowest BCUT2D eigenvalue weighted by Crippen LogP contribution is -2.31. The molecule has 0 aliphatic rings. The highest BCUT2D eigenvalue weighted by Gasteiger charge is 2.18. The standard InChI is InChI=1S/C17H15ClN4O2/c18-13-8-6-12(7-9-13)14(10-11-4-2-1-3-5-11)19-16(23)15-20-17(24)22-21-15/h1-9,14H,10H2,(H,19,23)(H2,20,21,22,24)/t14-/m0/s1. The van der Waals surface area contributed by atoms with Crippen LogP contribution >= 0.6 is 11.6 Å². The molecular formula is C17H15ClN4O2. The molecule has 3 rings (SSSR count). The van der Waals surface area contributed by atoms with E-state index in [1.54, 1.807) is 12.1 Å². The summed E-state index contributed by atoms with van der Waals surface area (Å²) in [5, 5.41) is 9.36. The van der Waals surface area contributed by atoms with Gasteiger partial charge in [0.05, 0.1) is 6.04 Å². The van der Waals surface area contributed by atoms with Crippen LogP contribution in [0.5, 0.6) is 0 Å². The van der Waals surface area contributed by atoms with Crippen LogP contribution in [0.2, 0.25) is 5.02 Å². The van der Waals surface area contributed by atoms with Crippen LogP contribution in [0.4, 0.5) is 0 Å². The maximum Gasteiger partial charge on any atom is 0.341 e. The second-order valence-electron chi connectivity index (χ2n) is 5.29. The number of carbonyl (C=O) groups excluding carboxylic acids is 1. The van der Waals surface area contributed by atoms with Crippen LogP contribution in [-0.2, 0) is 6.42 Å². The summed E-state index contributed by atoms with van der Waals surface area (Å²) in [6.45, 7) is 0. The third-order valence-electron chi connectivity index (χ3n) is 3.58. The number of rotatable bonds is 5. The lowest BCUT2D eigenvalue weighted by atomic mass is 9.99. The summed E-state index contributed by atoms with van der Waals surface area (Å²) in [6, 6.07) is 16.8. The number of nitrogens with zero attached hydrogens (tertiary/aromatic N) is 1. The number of carbonyl (C=O) groups is 1. The van der Waals surface area contributed by atoms with Gasteiger partial charge in [-0.3, -0.25) is 9.78 Å². The van der Waals surface area contributed by atoms with Crippen LogP contribution in [0.25, 0.3) is 0 Å². The van der Waals surface area contributed by atoms with Crippen LogP contribution in [0.15, 0.2) is 59.4 Å². The smallest absolute Gasteiger partial charge is 0.341 e. The first-order valence-electron chi connectivity index (χ1n) is 7.37. The maximum absolute atomic E-state index is 12.3. The molecule has 1 aromatic heterocycles. The van der Waals surface area contributed by atoms with Gasteiger partial charge in [0.25, 0.3) is 5.91 Å². The van der Waals surface area contributed by atoms with Gasteiger partial charge in [0.15, 0.2) is 0 Å². The molecule has 0 saturated heterocycles. The monoisotopic (exact) mass is 342 g/mol. The van der Waals surface area contributed by atoms with Gasteiger partial charge < -0.3 is 5.32 Å². The summed E-state index contributed by atoms with van der Waals surface area (Å²) in [7, 11) is 0. The molecule has 0 bridgehead atoms. The number of hydrogen-bond donors (Lipinski definition) is 3. The molecule has 7 heteroatoms. The first-order chi connectivity index (χ1) is 11.6. The lowest BCUT2D eigenvalue weighted by Gasteiger charge is -2.19. The Hall–Kier alpha value is -2.86. The van der Waals surface area contributed by atoms with Crippen LogP contribution < -0.4 is 11.0 Å². The zero-order valence-electron chi connectivity index (χ0n) is 12.6. The van der Waals surface area contributed by atoms with Crippen molar-refractivity contribution < 1.29 is 4.79 Å². The minimum absolute atomic E-state index is 0.0491. The number of aromatic nitrogens is 3. The average molecular weight is 343 g/mol. The number of amides is 1. The molecule has 0 saturated carbocycles. The van der Waals surface area contributed by atoms with Crippen molar-refractivity contribution in [1.82, 2.24) is 20.5 Å². The topological polar surface area (TPSA) is 90.6 Å². The molecule has 0 spiro atoms.